The average Bonchev–Trinajstić information content (AvgIpc) is 2.64. The number of carbonyl (C=O) groups excluding carboxylic acids is 1. The monoisotopic (exact) mass is 328 g/mol. The molecule has 0 fully saturated rings. The molecule has 128 valence electrons. The van der Waals surface area contributed by atoms with E-state index in [9.17, 15) is 9.90 Å². The molecule has 0 bridgehead atoms. The van der Waals surface area contributed by atoms with Gasteiger partial charge in [-0.25, -0.2) is 4.79 Å². The van der Waals surface area contributed by atoms with E-state index in [1.54, 1.807) is 7.11 Å². The highest BCUT2D eigenvalue weighted by atomic mass is 16.5. The Kier molecular flexibility index (Phi) is 6.63. The van der Waals surface area contributed by atoms with Crippen LogP contribution in [0, 0.1) is 0 Å². The number of benzene rings is 2. The summed E-state index contributed by atoms with van der Waals surface area (Å²) in [7, 11) is 1.63. The number of amides is 2. The number of aliphatic hydroxyl groups is 1. The van der Waals surface area contributed by atoms with E-state index < -0.39 is 0 Å². The molecule has 2 rings (SSSR count). The second kappa shape index (κ2) is 8.93. The lowest BCUT2D eigenvalue weighted by molar-refractivity contribution is 0.236. The molecule has 5 heteroatoms. The van der Waals surface area contributed by atoms with Crippen molar-refractivity contribution < 1.29 is 14.6 Å². The predicted molar refractivity (Wildman–Crippen MR) is 93.8 cm³/mol. The summed E-state index contributed by atoms with van der Waals surface area (Å²) in [6, 6.07) is 14.9. The number of ether oxygens (including phenoxy) is 1. The molecule has 0 aliphatic carbocycles. The number of aliphatic hydroxyl groups excluding tert-OH is 1. The Morgan fingerprint density at radius 3 is 2.38 bits per heavy atom. The summed E-state index contributed by atoms with van der Waals surface area (Å²) in [5.74, 6) is 0.790. The van der Waals surface area contributed by atoms with Gasteiger partial charge in [0.25, 0.3) is 0 Å². The molecule has 0 aliphatic rings. The van der Waals surface area contributed by atoms with Crippen molar-refractivity contribution in [1.82, 2.24) is 10.6 Å². The van der Waals surface area contributed by atoms with Gasteiger partial charge in [-0.05, 0) is 35.2 Å². The van der Waals surface area contributed by atoms with E-state index in [0.29, 0.717) is 6.54 Å². The van der Waals surface area contributed by atoms with Crippen molar-refractivity contribution in [2.75, 3.05) is 7.11 Å². The SMILES string of the molecule is CCC(NC(=O)NCc1ccccc1CO)c1ccc(OC)cc1. The van der Waals surface area contributed by atoms with Gasteiger partial charge < -0.3 is 20.5 Å². The standard InChI is InChI=1S/C19H24N2O3/c1-3-18(14-8-10-17(24-2)11-9-14)21-19(23)20-12-15-6-4-5-7-16(15)13-22/h4-11,18,22H,3,12-13H2,1-2H3,(H2,20,21,23). The highest BCUT2D eigenvalue weighted by Gasteiger charge is 2.13. The van der Waals surface area contributed by atoms with E-state index >= 15 is 0 Å². The van der Waals surface area contributed by atoms with Crippen LogP contribution in [0.4, 0.5) is 4.79 Å². The van der Waals surface area contributed by atoms with Gasteiger partial charge in [0.15, 0.2) is 0 Å². The van der Waals surface area contributed by atoms with Crippen molar-refractivity contribution in [3.8, 4) is 5.75 Å². The molecule has 0 saturated heterocycles. The average molecular weight is 328 g/mol. The summed E-state index contributed by atoms with van der Waals surface area (Å²) >= 11 is 0. The fourth-order valence-corrected chi connectivity index (χ4v) is 2.53. The molecule has 0 aromatic heterocycles. The maximum absolute atomic E-state index is 12.2. The van der Waals surface area contributed by atoms with Crippen LogP contribution in [0.3, 0.4) is 0 Å². The number of hydrogen-bond donors (Lipinski definition) is 3. The number of methoxy groups -OCH3 is 1. The van der Waals surface area contributed by atoms with E-state index in [4.69, 9.17) is 4.74 Å². The lowest BCUT2D eigenvalue weighted by Crippen LogP contribution is -2.37. The minimum absolute atomic E-state index is 0.0388. The quantitative estimate of drug-likeness (QED) is 0.731. The maximum Gasteiger partial charge on any atom is 0.315 e. The summed E-state index contributed by atoms with van der Waals surface area (Å²) in [5.41, 5.74) is 2.76. The van der Waals surface area contributed by atoms with Crippen LogP contribution in [-0.4, -0.2) is 18.2 Å². The van der Waals surface area contributed by atoms with Gasteiger partial charge in [-0.15, -0.1) is 0 Å². The molecule has 0 saturated carbocycles. The van der Waals surface area contributed by atoms with E-state index in [2.05, 4.69) is 10.6 Å². The molecule has 2 amide bonds. The Morgan fingerprint density at radius 2 is 1.79 bits per heavy atom. The number of carbonyl (C=O) groups is 1. The van der Waals surface area contributed by atoms with Gasteiger partial charge in [-0.3, -0.25) is 0 Å². The largest absolute Gasteiger partial charge is 0.497 e. The fourth-order valence-electron chi connectivity index (χ4n) is 2.53. The number of urea groups is 1. The van der Waals surface area contributed by atoms with Crippen LogP contribution in [0.15, 0.2) is 48.5 Å². The lowest BCUT2D eigenvalue weighted by Gasteiger charge is -2.18. The first kappa shape index (κ1) is 17.8. The van der Waals surface area contributed by atoms with E-state index in [0.717, 1.165) is 28.9 Å². The van der Waals surface area contributed by atoms with Gasteiger partial charge in [0.2, 0.25) is 0 Å². The van der Waals surface area contributed by atoms with Gasteiger partial charge in [-0.2, -0.15) is 0 Å². The summed E-state index contributed by atoms with van der Waals surface area (Å²) in [5, 5.41) is 15.1. The van der Waals surface area contributed by atoms with Crippen LogP contribution < -0.4 is 15.4 Å². The van der Waals surface area contributed by atoms with Crippen LogP contribution >= 0.6 is 0 Å². The zero-order chi connectivity index (χ0) is 17.4. The zero-order valence-electron chi connectivity index (χ0n) is 14.1. The van der Waals surface area contributed by atoms with Crippen LogP contribution in [0.2, 0.25) is 0 Å². The first-order valence-electron chi connectivity index (χ1n) is 8.03. The van der Waals surface area contributed by atoms with Gasteiger partial charge >= 0.3 is 6.03 Å². The minimum Gasteiger partial charge on any atom is -0.497 e. The van der Waals surface area contributed by atoms with Gasteiger partial charge in [-0.1, -0.05) is 43.3 Å². The highest BCUT2D eigenvalue weighted by molar-refractivity contribution is 5.74. The van der Waals surface area contributed by atoms with E-state index in [-0.39, 0.29) is 18.7 Å². The Bertz CT molecular complexity index is 656. The van der Waals surface area contributed by atoms with E-state index in [1.807, 2.05) is 55.5 Å². The Balaban J connectivity index is 1.94. The third-order valence-corrected chi connectivity index (χ3v) is 3.96. The van der Waals surface area contributed by atoms with Gasteiger partial charge in [0, 0.05) is 6.54 Å². The first-order valence-corrected chi connectivity index (χ1v) is 8.03. The molecule has 2 aromatic carbocycles. The Labute approximate surface area is 142 Å². The summed E-state index contributed by atoms with van der Waals surface area (Å²) < 4.78 is 5.15. The molecule has 5 nitrogen and oxygen atoms in total. The van der Waals surface area contributed by atoms with Crippen molar-refractivity contribution in [2.24, 2.45) is 0 Å². The molecular weight excluding hydrogens is 304 g/mol. The molecule has 1 atom stereocenters. The molecule has 3 N–H and O–H groups in total. The Morgan fingerprint density at radius 1 is 1.12 bits per heavy atom. The molecule has 0 heterocycles. The first-order chi connectivity index (χ1) is 11.7. The van der Waals surface area contributed by atoms with Crippen molar-refractivity contribution in [2.45, 2.75) is 32.5 Å². The molecule has 0 aliphatic heterocycles. The lowest BCUT2D eigenvalue weighted by atomic mass is 10.0. The van der Waals surface area contributed by atoms with Crippen molar-refractivity contribution in [1.29, 1.82) is 0 Å². The number of hydrogen-bond acceptors (Lipinski definition) is 3. The maximum atomic E-state index is 12.2. The number of nitrogens with one attached hydrogen (secondary N) is 2. The molecule has 2 aromatic rings. The van der Waals surface area contributed by atoms with Crippen LogP contribution in [0.25, 0.3) is 0 Å². The molecule has 0 spiro atoms. The molecule has 0 radical (unpaired) electrons. The summed E-state index contributed by atoms with van der Waals surface area (Å²) in [4.78, 5) is 12.2. The Hall–Kier alpha value is -2.53. The second-order valence-corrected chi connectivity index (χ2v) is 5.49. The van der Waals surface area contributed by atoms with Crippen LogP contribution in [0.5, 0.6) is 5.75 Å². The highest BCUT2D eigenvalue weighted by Crippen LogP contribution is 2.20. The summed E-state index contributed by atoms with van der Waals surface area (Å²) in [6.45, 7) is 2.36. The topological polar surface area (TPSA) is 70.6 Å². The van der Waals surface area contributed by atoms with Crippen molar-refractivity contribution in [3.63, 3.8) is 0 Å². The van der Waals surface area contributed by atoms with E-state index in [1.165, 1.54) is 0 Å². The minimum atomic E-state index is -0.231. The smallest absolute Gasteiger partial charge is 0.315 e. The van der Waals surface area contributed by atoms with Crippen molar-refractivity contribution in [3.05, 3.63) is 65.2 Å². The fraction of sp³-hybridized carbons (Fsp3) is 0.316. The molecular formula is C19H24N2O3. The van der Waals surface area contributed by atoms with Gasteiger partial charge in [0.1, 0.15) is 5.75 Å². The molecule has 1 unspecified atom stereocenters. The van der Waals surface area contributed by atoms with Crippen LogP contribution in [-0.2, 0) is 13.2 Å². The van der Waals surface area contributed by atoms with Gasteiger partial charge in [0.05, 0.1) is 19.8 Å². The van der Waals surface area contributed by atoms with Crippen molar-refractivity contribution >= 4 is 6.03 Å². The third-order valence-electron chi connectivity index (χ3n) is 3.96. The predicted octanol–water partition coefficient (Wildman–Crippen LogP) is 3.14. The van der Waals surface area contributed by atoms with Crippen LogP contribution in [0.1, 0.15) is 36.1 Å². The summed E-state index contributed by atoms with van der Waals surface area (Å²) in [6.07, 6.45) is 0.785. The zero-order valence-corrected chi connectivity index (χ0v) is 14.1. The number of rotatable bonds is 7. The normalized spacial score (nSPS) is 11.6. The second-order valence-electron chi connectivity index (χ2n) is 5.49. The molecule has 24 heavy (non-hydrogen) atoms. The third kappa shape index (κ3) is 4.73.